The van der Waals surface area contributed by atoms with Crippen molar-refractivity contribution in [1.82, 2.24) is 15.3 Å². The standard InChI is InChI=1S/C19H20N4OS2.ClH/c1-12-15(2-3-16(22-12)14-6-9-25-11-14)18(24)23-19-21-10-17(26-19)13-4-7-20-8-5-13;/h2-3,6,9-11,13,20H,4-5,7-8H2,1H3,(H,21,23,24);1H. The second-order valence-corrected chi connectivity index (χ2v) is 8.23. The molecule has 1 amide bonds. The van der Waals surface area contributed by atoms with Crippen molar-refractivity contribution in [2.24, 2.45) is 0 Å². The topological polar surface area (TPSA) is 66.9 Å². The minimum absolute atomic E-state index is 0. The first kappa shape index (κ1) is 19.9. The highest BCUT2D eigenvalue weighted by Crippen LogP contribution is 2.32. The number of piperidine rings is 1. The fourth-order valence-corrected chi connectivity index (χ4v) is 4.81. The maximum Gasteiger partial charge on any atom is 0.259 e. The van der Waals surface area contributed by atoms with Crippen molar-refractivity contribution in [1.29, 1.82) is 0 Å². The number of thiazole rings is 1. The number of pyridine rings is 1. The SMILES string of the molecule is Cc1nc(-c2ccsc2)ccc1C(=O)Nc1ncc(C2CCNCC2)s1.Cl. The van der Waals surface area contributed by atoms with Gasteiger partial charge in [0.25, 0.3) is 5.91 Å². The molecule has 0 atom stereocenters. The molecule has 2 N–H and O–H groups in total. The van der Waals surface area contributed by atoms with E-state index in [-0.39, 0.29) is 18.3 Å². The van der Waals surface area contributed by atoms with E-state index in [1.807, 2.05) is 36.7 Å². The highest BCUT2D eigenvalue weighted by atomic mass is 35.5. The van der Waals surface area contributed by atoms with Gasteiger partial charge < -0.3 is 5.32 Å². The Kier molecular flexibility index (Phi) is 6.59. The molecule has 4 heterocycles. The van der Waals surface area contributed by atoms with E-state index < -0.39 is 0 Å². The molecular formula is C19H21ClN4OS2. The normalized spacial score (nSPS) is 14.6. The number of carbonyl (C=O) groups is 1. The Morgan fingerprint density at radius 1 is 1.26 bits per heavy atom. The third-order valence-electron chi connectivity index (χ3n) is 4.63. The first-order valence-electron chi connectivity index (χ1n) is 8.69. The van der Waals surface area contributed by atoms with Crippen LogP contribution in [0.25, 0.3) is 11.3 Å². The Morgan fingerprint density at radius 3 is 2.78 bits per heavy atom. The molecule has 0 bridgehead atoms. The zero-order valence-corrected chi connectivity index (χ0v) is 17.3. The first-order chi connectivity index (χ1) is 12.7. The van der Waals surface area contributed by atoms with Crippen molar-refractivity contribution < 1.29 is 4.79 Å². The number of aromatic nitrogens is 2. The van der Waals surface area contributed by atoms with Crippen LogP contribution < -0.4 is 10.6 Å². The number of rotatable bonds is 4. The summed E-state index contributed by atoms with van der Waals surface area (Å²) in [6, 6.07) is 5.77. The van der Waals surface area contributed by atoms with Crippen LogP contribution in [0.3, 0.4) is 0 Å². The number of anilines is 1. The predicted molar refractivity (Wildman–Crippen MR) is 114 cm³/mol. The van der Waals surface area contributed by atoms with Crippen molar-refractivity contribution in [2.75, 3.05) is 18.4 Å². The highest BCUT2D eigenvalue weighted by molar-refractivity contribution is 7.15. The first-order valence-corrected chi connectivity index (χ1v) is 10.4. The number of hydrogen-bond acceptors (Lipinski definition) is 6. The van der Waals surface area contributed by atoms with Crippen LogP contribution in [0.15, 0.2) is 35.2 Å². The summed E-state index contributed by atoms with van der Waals surface area (Å²) in [6.07, 6.45) is 4.16. The zero-order valence-electron chi connectivity index (χ0n) is 14.9. The molecule has 27 heavy (non-hydrogen) atoms. The van der Waals surface area contributed by atoms with Crippen LogP contribution in [0.4, 0.5) is 5.13 Å². The molecule has 142 valence electrons. The number of thiophene rings is 1. The number of carbonyl (C=O) groups excluding carboxylic acids is 1. The van der Waals surface area contributed by atoms with Gasteiger partial charge in [-0.15, -0.1) is 23.7 Å². The summed E-state index contributed by atoms with van der Waals surface area (Å²) in [5, 5.41) is 11.0. The Labute approximate surface area is 172 Å². The van der Waals surface area contributed by atoms with Crippen LogP contribution in [0.2, 0.25) is 0 Å². The van der Waals surface area contributed by atoms with Crippen LogP contribution in [-0.4, -0.2) is 29.0 Å². The summed E-state index contributed by atoms with van der Waals surface area (Å²) in [7, 11) is 0. The van der Waals surface area contributed by atoms with Gasteiger partial charge in [0.05, 0.1) is 17.0 Å². The predicted octanol–water partition coefficient (Wildman–Crippen LogP) is 4.72. The molecule has 1 saturated heterocycles. The van der Waals surface area contributed by atoms with Crippen molar-refractivity contribution >= 4 is 46.1 Å². The Hall–Kier alpha value is -1.80. The van der Waals surface area contributed by atoms with Gasteiger partial charge in [-0.1, -0.05) is 0 Å². The van der Waals surface area contributed by atoms with Crippen molar-refractivity contribution in [3.8, 4) is 11.3 Å². The fraction of sp³-hybridized carbons (Fsp3) is 0.316. The van der Waals surface area contributed by atoms with Crippen molar-refractivity contribution in [3.63, 3.8) is 0 Å². The van der Waals surface area contributed by atoms with Gasteiger partial charge in [-0.2, -0.15) is 11.3 Å². The highest BCUT2D eigenvalue weighted by Gasteiger charge is 2.19. The van der Waals surface area contributed by atoms with Gasteiger partial charge in [0.2, 0.25) is 0 Å². The third kappa shape index (κ3) is 4.55. The van der Waals surface area contributed by atoms with Gasteiger partial charge in [-0.25, -0.2) is 4.98 Å². The summed E-state index contributed by atoms with van der Waals surface area (Å²) in [5.41, 5.74) is 3.28. The van der Waals surface area contributed by atoms with Crippen molar-refractivity contribution in [3.05, 3.63) is 51.3 Å². The number of halogens is 1. The molecule has 3 aromatic rings. The molecular weight excluding hydrogens is 400 g/mol. The number of nitrogens with one attached hydrogen (secondary N) is 2. The van der Waals surface area contributed by atoms with Gasteiger partial charge in [-0.3, -0.25) is 15.1 Å². The Morgan fingerprint density at radius 2 is 2.07 bits per heavy atom. The summed E-state index contributed by atoms with van der Waals surface area (Å²) >= 11 is 3.22. The average molecular weight is 421 g/mol. The molecule has 0 spiro atoms. The molecule has 0 unspecified atom stereocenters. The summed E-state index contributed by atoms with van der Waals surface area (Å²) in [6.45, 7) is 3.96. The average Bonchev–Trinajstić information content (AvgIpc) is 3.34. The van der Waals surface area contributed by atoms with E-state index in [9.17, 15) is 4.79 Å². The molecule has 5 nitrogen and oxygen atoms in total. The van der Waals surface area contributed by atoms with E-state index in [0.29, 0.717) is 16.6 Å². The van der Waals surface area contributed by atoms with Gasteiger partial charge in [0, 0.05) is 22.0 Å². The zero-order chi connectivity index (χ0) is 17.9. The van der Waals surface area contributed by atoms with E-state index in [1.165, 1.54) is 4.88 Å². The monoisotopic (exact) mass is 420 g/mol. The molecule has 1 aliphatic heterocycles. The minimum atomic E-state index is -0.155. The van der Waals surface area contributed by atoms with E-state index in [4.69, 9.17) is 0 Å². The van der Waals surface area contributed by atoms with Crippen LogP contribution >= 0.6 is 35.1 Å². The van der Waals surface area contributed by atoms with Crippen molar-refractivity contribution in [2.45, 2.75) is 25.7 Å². The van der Waals surface area contributed by atoms with E-state index in [0.717, 1.165) is 42.9 Å². The van der Waals surface area contributed by atoms with Gasteiger partial charge >= 0.3 is 0 Å². The van der Waals surface area contributed by atoms with E-state index in [2.05, 4.69) is 26.0 Å². The molecule has 1 fully saturated rings. The quantitative estimate of drug-likeness (QED) is 0.641. The minimum Gasteiger partial charge on any atom is -0.317 e. The smallest absolute Gasteiger partial charge is 0.259 e. The van der Waals surface area contributed by atoms with Crippen LogP contribution in [-0.2, 0) is 0 Å². The third-order valence-corrected chi connectivity index (χ3v) is 6.39. The number of aryl methyl sites for hydroxylation is 1. The Balaban J connectivity index is 0.00000210. The summed E-state index contributed by atoms with van der Waals surface area (Å²) in [4.78, 5) is 22.9. The second-order valence-electron chi connectivity index (χ2n) is 6.39. The number of amides is 1. The lowest BCUT2D eigenvalue weighted by Crippen LogP contribution is -2.26. The maximum absolute atomic E-state index is 12.6. The molecule has 4 rings (SSSR count). The summed E-state index contributed by atoms with van der Waals surface area (Å²) < 4.78 is 0. The van der Waals surface area contributed by atoms with E-state index in [1.54, 1.807) is 22.7 Å². The molecule has 3 aromatic heterocycles. The Bertz CT molecular complexity index is 904. The van der Waals surface area contributed by atoms with Gasteiger partial charge in [0.15, 0.2) is 5.13 Å². The fourth-order valence-electron chi connectivity index (χ4n) is 3.18. The lowest BCUT2D eigenvalue weighted by molar-refractivity contribution is 0.102. The molecule has 1 aliphatic rings. The molecule has 0 aliphatic carbocycles. The van der Waals surface area contributed by atoms with Gasteiger partial charge in [0.1, 0.15) is 0 Å². The van der Waals surface area contributed by atoms with E-state index >= 15 is 0 Å². The maximum atomic E-state index is 12.6. The lowest BCUT2D eigenvalue weighted by Gasteiger charge is -2.20. The summed E-state index contributed by atoms with van der Waals surface area (Å²) in [5.74, 6) is 0.394. The second kappa shape index (κ2) is 8.93. The molecule has 0 saturated carbocycles. The van der Waals surface area contributed by atoms with Crippen LogP contribution in [0.1, 0.15) is 39.7 Å². The number of nitrogens with zero attached hydrogens (tertiary/aromatic N) is 2. The molecule has 0 radical (unpaired) electrons. The molecule has 8 heteroatoms. The largest absolute Gasteiger partial charge is 0.317 e. The van der Waals surface area contributed by atoms with Crippen LogP contribution in [0.5, 0.6) is 0 Å². The lowest BCUT2D eigenvalue weighted by atomic mass is 9.97. The van der Waals surface area contributed by atoms with Gasteiger partial charge in [-0.05, 0) is 62.4 Å². The molecule has 0 aromatic carbocycles. The number of hydrogen-bond donors (Lipinski definition) is 2. The van der Waals surface area contributed by atoms with Crippen LogP contribution in [0, 0.1) is 6.92 Å².